The van der Waals surface area contributed by atoms with Gasteiger partial charge in [0.2, 0.25) is 5.91 Å². The highest BCUT2D eigenvalue weighted by atomic mass is 19.4. The largest absolute Gasteiger partial charge is 0.418 e. The van der Waals surface area contributed by atoms with Crippen LogP contribution in [0.5, 0.6) is 0 Å². The van der Waals surface area contributed by atoms with Gasteiger partial charge in [0, 0.05) is 38.3 Å². The summed E-state index contributed by atoms with van der Waals surface area (Å²) in [6.45, 7) is 0.0492. The van der Waals surface area contributed by atoms with Gasteiger partial charge in [-0.1, -0.05) is 0 Å². The molecule has 0 bridgehead atoms. The minimum atomic E-state index is -4.56. The smallest absolute Gasteiger partial charge is 0.388 e. The third kappa shape index (κ3) is 4.66. The molecule has 0 atom stereocenters. The summed E-state index contributed by atoms with van der Waals surface area (Å²) >= 11 is 0. The highest BCUT2D eigenvalue weighted by Gasteiger charge is 2.34. The first-order chi connectivity index (χ1) is 9.79. The van der Waals surface area contributed by atoms with Gasteiger partial charge in [-0.15, -0.1) is 0 Å². The molecule has 0 radical (unpaired) electrons. The highest BCUT2D eigenvalue weighted by molar-refractivity contribution is 5.95. The Bertz CT molecular complexity index is 530. The molecule has 1 aromatic rings. The van der Waals surface area contributed by atoms with Crippen LogP contribution in [0.4, 0.5) is 18.9 Å². The van der Waals surface area contributed by atoms with E-state index < -0.39 is 17.6 Å². The van der Waals surface area contributed by atoms with Crippen molar-refractivity contribution >= 4 is 17.5 Å². The zero-order valence-corrected chi connectivity index (χ0v) is 11.6. The minimum Gasteiger partial charge on any atom is -0.388 e. The predicted octanol–water partition coefficient (Wildman–Crippen LogP) is 1.61. The molecule has 0 saturated carbocycles. The zero-order chi connectivity index (χ0) is 16.0. The van der Waals surface area contributed by atoms with Crippen molar-refractivity contribution in [2.45, 2.75) is 12.6 Å². The highest BCUT2D eigenvalue weighted by Crippen LogP contribution is 2.35. The molecule has 0 aliphatic heterocycles. The van der Waals surface area contributed by atoms with E-state index in [9.17, 15) is 22.8 Å². The molecule has 0 spiro atoms. The van der Waals surface area contributed by atoms with Gasteiger partial charge in [0.15, 0.2) is 0 Å². The summed E-state index contributed by atoms with van der Waals surface area (Å²) in [6.07, 6.45) is -4.50. The lowest BCUT2D eigenvalue weighted by molar-refractivity contribution is -0.137. The molecule has 0 unspecified atom stereocenters. The van der Waals surface area contributed by atoms with Crippen molar-refractivity contribution in [3.05, 3.63) is 29.3 Å². The second-order valence-electron chi connectivity index (χ2n) is 4.19. The molecule has 0 aliphatic carbocycles. The van der Waals surface area contributed by atoms with E-state index in [2.05, 4.69) is 16.0 Å². The van der Waals surface area contributed by atoms with Gasteiger partial charge in [-0.25, -0.2) is 0 Å². The molecule has 21 heavy (non-hydrogen) atoms. The van der Waals surface area contributed by atoms with E-state index >= 15 is 0 Å². The topological polar surface area (TPSA) is 70.2 Å². The second-order valence-corrected chi connectivity index (χ2v) is 4.19. The van der Waals surface area contributed by atoms with Crippen LogP contribution in [0.25, 0.3) is 0 Å². The number of carbonyl (C=O) groups excluding carboxylic acids is 2. The lowest BCUT2D eigenvalue weighted by Gasteiger charge is -2.14. The Labute approximate surface area is 119 Å². The average molecular weight is 303 g/mol. The maximum Gasteiger partial charge on any atom is 0.418 e. The van der Waals surface area contributed by atoms with Crippen LogP contribution in [0, 0.1) is 0 Å². The normalized spacial score (nSPS) is 10.9. The number of carbonyl (C=O) groups is 2. The van der Waals surface area contributed by atoms with Crippen molar-refractivity contribution in [1.29, 1.82) is 0 Å². The molecule has 116 valence electrons. The number of benzene rings is 1. The lowest BCUT2D eigenvalue weighted by atomic mass is 10.1. The molecule has 0 aliphatic rings. The number of hydrogen-bond donors (Lipinski definition) is 3. The summed E-state index contributed by atoms with van der Waals surface area (Å²) in [4.78, 5) is 22.7. The van der Waals surface area contributed by atoms with Gasteiger partial charge in [0.1, 0.15) is 0 Å². The lowest BCUT2D eigenvalue weighted by Crippen LogP contribution is -2.29. The standard InChI is InChI=1S/C13H16F3N3O2/c1-17-10-4-3-8(7-9(10)13(14,15)16)12(21)19-6-5-11(20)18-2/h3-4,7,17H,5-6H2,1-2H3,(H,18,20)(H,19,21). The molecular weight excluding hydrogens is 287 g/mol. The van der Waals surface area contributed by atoms with E-state index in [1.54, 1.807) is 0 Å². The molecule has 1 rings (SSSR count). The first-order valence-electron chi connectivity index (χ1n) is 6.17. The second kappa shape index (κ2) is 6.96. The quantitative estimate of drug-likeness (QED) is 0.774. The fraction of sp³-hybridized carbons (Fsp3) is 0.385. The van der Waals surface area contributed by atoms with Gasteiger partial charge in [-0.05, 0) is 18.2 Å². The van der Waals surface area contributed by atoms with E-state index in [1.165, 1.54) is 26.2 Å². The van der Waals surface area contributed by atoms with E-state index in [1.807, 2.05) is 0 Å². The first kappa shape index (κ1) is 16.8. The number of amides is 2. The fourth-order valence-corrected chi connectivity index (χ4v) is 1.65. The third-order valence-corrected chi connectivity index (χ3v) is 2.77. The van der Waals surface area contributed by atoms with Gasteiger partial charge in [0.25, 0.3) is 5.91 Å². The van der Waals surface area contributed by atoms with Crippen molar-refractivity contribution < 1.29 is 22.8 Å². The van der Waals surface area contributed by atoms with Crippen LogP contribution in [0.3, 0.4) is 0 Å². The van der Waals surface area contributed by atoms with Crippen molar-refractivity contribution in [3.8, 4) is 0 Å². The number of hydrogen-bond acceptors (Lipinski definition) is 3. The van der Waals surface area contributed by atoms with Crippen LogP contribution in [0.2, 0.25) is 0 Å². The summed E-state index contributed by atoms with van der Waals surface area (Å²) in [6, 6.07) is 3.26. The third-order valence-electron chi connectivity index (χ3n) is 2.77. The van der Waals surface area contributed by atoms with Crippen LogP contribution >= 0.6 is 0 Å². The number of alkyl halides is 3. The van der Waals surface area contributed by atoms with Crippen molar-refractivity contribution in [3.63, 3.8) is 0 Å². The Morgan fingerprint density at radius 1 is 1.19 bits per heavy atom. The number of halogens is 3. The van der Waals surface area contributed by atoms with Crippen molar-refractivity contribution in [2.24, 2.45) is 0 Å². The number of rotatable bonds is 5. The molecule has 8 heteroatoms. The van der Waals surface area contributed by atoms with Crippen LogP contribution in [-0.2, 0) is 11.0 Å². The van der Waals surface area contributed by atoms with Gasteiger partial charge >= 0.3 is 6.18 Å². The molecule has 1 aromatic carbocycles. The van der Waals surface area contributed by atoms with Crippen LogP contribution < -0.4 is 16.0 Å². The van der Waals surface area contributed by atoms with Gasteiger partial charge in [-0.3, -0.25) is 9.59 Å². The predicted molar refractivity (Wildman–Crippen MR) is 72.0 cm³/mol. The summed E-state index contributed by atoms with van der Waals surface area (Å²) in [7, 11) is 2.82. The molecule has 3 N–H and O–H groups in total. The number of anilines is 1. The SMILES string of the molecule is CNC(=O)CCNC(=O)c1ccc(NC)c(C(F)(F)F)c1. The first-order valence-corrected chi connectivity index (χ1v) is 6.17. The Morgan fingerprint density at radius 2 is 1.86 bits per heavy atom. The number of nitrogens with one attached hydrogen (secondary N) is 3. The van der Waals surface area contributed by atoms with Crippen molar-refractivity contribution in [2.75, 3.05) is 26.0 Å². The maximum absolute atomic E-state index is 12.9. The maximum atomic E-state index is 12.9. The molecule has 0 aromatic heterocycles. The minimum absolute atomic E-state index is 0.0492. The van der Waals surface area contributed by atoms with Gasteiger partial charge in [-0.2, -0.15) is 13.2 Å². The van der Waals surface area contributed by atoms with Crippen molar-refractivity contribution in [1.82, 2.24) is 10.6 Å². The van der Waals surface area contributed by atoms with E-state index in [-0.39, 0.29) is 30.1 Å². The Balaban J connectivity index is 2.84. The summed E-state index contributed by atoms with van der Waals surface area (Å²) < 4.78 is 38.6. The van der Waals surface area contributed by atoms with E-state index in [0.717, 1.165) is 6.07 Å². The average Bonchev–Trinajstić information content (AvgIpc) is 2.45. The summed E-state index contributed by atoms with van der Waals surface area (Å²) in [5, 5.41) is 7.20. The Morgan fingerprint density at radius 3 is 2.38 bits per heavy atom. The van der Waals surface area contributed by atoms with E-state index in [0.29, 0.717) is 0 Å². The van der Waals surface area contributed by atoms with Crippen LogP contribution in [0.1, 0.15) is 22.3 Å². The molecule has 5 nitrogen and oxygen atoms in total. The molecule has 2 amide bonds. The van der Waals surface area contributed by atoms with Gasteiger partial charge < -0.3 is 16.0 Å². The molecule has 0 fully saturated rings. The summed E-state index contributed by atoms with van der Waals surface area (Å²) in [5.41, 5.74) is -1.13. The fourth-order valence-electron chi connectivity index (χ4n) is 1.65. The Hall–Kier alpha value is -2.25. The molecule has 0 saturated heterocycles. The monoisotopic (exact) mass is 303 g/mol. The molecular formula is C13H16F3N3O2. The Kier molecular flexibility index (Phi) is 5.57. The van der Waals surface area contributed by atoms with Crippen LogP contribution in [-0.4, -0.2) is 32.5 Å². The van der Waals surface area contributed by atoms with Gasteiger partial charge in [0.05, 0.1) is 5.56 Å². The van der Waals surface area contributed by atoms with E-state index in [4.69, 9.17) is 0 Å². The van der Waals surface area contributed by atoms with Crippen LogP contribution in [0.15, 0.2) is 18.2 Å². The molecule has 0 heterocycles. The zero-order valence-electron chi connectivity index (χ0n) is 11.6. The summed E-state index contributed by atoms with van der Waals surface area (Å²) in [5.74, 6) is -0.927.